The van der Waals surface area contributed by atoms with Gasteiger partial charge in [0.2, 0.25) is 0 Å². The standard InChI is InChI=1S/C24H30N2O3/c1-14-6-8-19(9-7-14)24(29)20-10-12-26(13-11-20)17(4)23(28)22-15(2)21(18(5)27)16(3)25-22/h6-9,17,20,25H,10-13H2,1-5H3/t17-/m0/s1. The molecule has 1 aliphatic rings. The Morgan fingerprint density at radius 1 is 1.03 bits per heavy atom. The van der Waals surface area contributed by atoms with Gasteiger partial charge in [-0.15, -0.1) is 0 Å². The average molecular weight is 395 g/mol. The zero-order valence-electron chi connectivity index (χ0n) is 18.0. The molecule has 3 rings (SSSR count). The molecule has 0 bridgehead atoms. The number of H-pyrrole nitrogens is 1. The summed E-state index contributed by atoms with van der Waals surface area (Å²) in [4.78, 5) is 43.0. The number of Topliss-reactive ketones (excluding diaryl/α,β-unsaturated/α-hetero) is 3. The van der Waals surface area contributed by atoms with Crippen LogP contribution in [-0.4, -0.2) is 46.4 Å². The molecule has 29 heavy (non-hydrogen) atoms. The van der Waals surface area contributed by atoms with Crippen molar-refractivity contribution in [2.75, 3.05) is 13.1 Å². The van der Waals surface area contributed by atoms with Crippen LogP contribution >= 0.6 is 0 Å². The fourth-order valence-corrected chi connectivity index (χ4v) is 4.40. The third-order valence-electron chi connectivity index (χ3n) is 6.20. The van der Waals surface area contributed by atoms with Crippen LogP contribution in [0.3, 0.4) is 0 Å². The Bertz CT molecular complexity index is 932. The molecule has 0 aliphatic carbocycles. The minimum atomic E-state index is -0.290. The normalized spacial score (nSPS) is 16.6. The van der Waals surface area contributed by atoms with Crippen LogP contribution in [0.2, 0.25) is 0 Å². The fraction of sp³-hybridized carbons (Fsp3) is 0.458. The first-order valence-electron chi connectivity index (χ1n) is 10.3. The van der Waals surface area contributed by atoms with E-state index in [1.807, 2.05) is 52.0 Å². The number of hydrogen-bond acceptors (Lipinski definition) is 4. The van der Waals surface area contributed by atoms with Gasteiger partial charge in [-0.05, 0) is 66.1 Å². The van der Waals surface area contributed by atoms with Gasteiger partial charge in [0.05, 0.1) is 11.7 Å². The molecule has 1 saturated heterocycles. The van der Waals surface area contributed by atoms with Gasteiger partial charge in [0.1, 0.15) is 0 Å². The van der Waals surface area contributed by atoms with E-state index in [1.165, 1.54) is 6.92 Å². The van der Waals surface area contributed by atoms with Gasteiger partial charge in [0.25, 0.3) is 0 Å². The lowest BCUT2D eigenvalue weighted by Gasteiger charge is -2.34. The maximum absolute atomic E-state index is 13.1. The molecule has 2 aromatic rings. The number of aromatic nitrogens is 1. The van der Waals surface area contributed by atoms with E-state index in [2.05, 4.69) is 9.88 Å². The van der Waals surface area contributed by atoms with E-state index >= 15 is 0 Å². The fourth-order valence-electron chi connectivity index (χ4n) is 4.40. The lowest BCUT2D eigenvalue weighted by Crippen LogP contribution is -2.45. The molecule has 5 heteroatoms. The second-order valence-electron chi connectivity index (χ2n) is 8.26. The molecule has 1 aliphatic heterocycles. The quantitative estimate of drug-likeness (QED) is 0.741. The van der Waals surface area contributed by atoms with Gasteiger partial charge in [-0.2, -0.15) is 0 Å². The second-order valence-corrected chi connectivity index (χ2v) is 8.26. The predicted octanol–water partition coefficient (Wildman–Crippen LogP) is 4.31. The molecular formula is C24H30N2O3. The van der Waals surface area contributed by atoms with Crippen molar-refractivity contribution in [2.24, 2.45) is 5.92 Å². The van der Waals surface area contributed by atoms with Crippen LogP contribution in [0, 0.1) is 26.7 Å². The molecule has 2 heterocycles. The third kappa shape index (κ3) is 4.25. The minimum Gasteiger partial charge on any atom is -0.355 e. The van der Waals surface area contributed by atoms with Crippen molar-refractivity contribution >= 4 is 17.3 Å². The van der Waals surface area contributed by atoms with E-state index in [0.29, 0.717) is 24.3 Å². The summed E-state index contributed by atoms with van der Waals surface area (Å²) in [6.07, 6.45) is 1.51. The summed E-state index contributed by atoms with van der Waals surface area (Å²) < 4.78 is 0. The lowest BCUT2D eigenvalue weighted by atomic mass is 9.88. The van der Waals surface area contributed by atoms with Gasteiger partial charge in [-0.3, -0.25) is 19.3 Å². The van der Waals surface area contributed by atoms with Crippen LogP contribution in [0.15, 0.2) is 24.3 Å². The Balaban J connectivity index is 1.65. The van der Waals surface area contributed by atoms with Gasteiger partial charge in [-0.25, -0.2) is 0 Å². The Labute approximate surface area is 172 Å². The number of carbonyl (C=O) groups is 3. The van der Waals surface area contributed by atoms with Crippen molar-refractivity contribution in [2.45, 2.75) is 53.5 Å². The molecule has 1 aromatic carbocycles. The highest BCUT2D eigenvalue weighted by molar-refractivity contribution is 6.05. The number of piperidine rings is 1. The molecule has 0 spiro atoms. The van der Waals surface area contributed by atoms with Crippen molar-refractivity contribution in [3.8, 4) is 0 Å². The van der Waals surface area contributed by atoms with Crippen LogP contribution in [0.5, 0.6) is 0 Å². The van der Waals surface area contributed by atoms with E-state index in [9.17, 15) is 14.4 Å². The number of carbonyl (C=O) groups excluding carboxylic acids is 3. The highest BCUT2D eigenvalue weighted by Crippen LogP contribution is 2.26. The Morgan fingerprint density at radius 3 is 2.14 bits per heavy atom. The number of ketones is 3. The van der Waals surface area contributed by atoms with Crippen molar-refractivity contribution in [1.82, 2.24) is 9.88 Å². The van der Waals surface area contributed by atoms with Crippen molar-refractivity contribution < 1.29 is 14.4 Å². The highest BCUT2D eigenvalue weighted by atomic mass is 16.1. The van der Waals surface area contributed by atoms with Crippen LogP contribution < -0.4 is 0 Å². The zero-order valence-corrected chi connectivity index (χ0v) is 18.0. The number of rotatable bonds is 6. The summed E-state index contributed by atoms with van der Waals surface area (Å²) in [5.41, 5.74) is 4.53. The summed E-state index contributed by atoms with van der Waals surface area (Å²) in [7, 11) is 0. The number of nitrogens with zero attached hydrogens (tertiary/aromatic N) is 1. The predicted molar refractivity (Wildman–Crippen MR) is 114 cm³/mol. The largest absolute Gasteiger partial charge is 0.355 e. The third-order valence-corrected chi connectivity index (χ3v) is 6.20. The van der Waals surface area contributed by atoms with Crippen molar-refractivity contribution in [3.05, 3.63) is 57.9 Å². The molecule has 0 unspecified atom stereocenters. The van der Waals surface area contributed by atoms with Gasteiger partial charge in [0, 0.05) is 22.7 Å². The van der Waals surface area contributed by atoms with Gasteiger partial charge in [0.15, 0.2) is 17.3 Å². The molecule has 5 nitrogen and oxygen atoms in total. The molecule has 1 aromatic heterocycles. The van der Waals surface area contributed by atoms with Gasteiger partial charge >= 0.3 is 0 Å². The number of nitrogens with one attached hydrogen (secondary N) is 1. The number of hydrogen-bond donors (Lipinski definition) is 1. The minimum absolute atomic E-state index is 0.00131. The molecular weight excluding hydrogens is 364 g/mol. The van der Waals surface area contributed by atoms with E-state index in [4.69, 9.17) is 0 Å². The lowest BCUT2D eigenvalue weighted by molar-refractivity contribution is 0.0710. The number of aryl methyl sites for hydroxylation is 2. The molecule has 0 amide bonds. The van der Waals surface area contributed by atoms with Gasteiger partial charge in [-0.1, -0.05) is 29.8 Å². The molecule has 1 N–H and O–H groups in total. The first kappa shape index (κ1) is 21.2. The smallest absolute Gasteiger partial charge is 0.196 e. The van der Waals surface area contributed by atoms with Gasteiger partial charge < -0.3 is 4.98 Å². The SMILES string of the molecule is CC(=O)c1c(C)[nH]c(C(=O)[C@H](C)N2CCC(C(=O)c3ccc(C)cc3)CC2)c1C. The van der Waals surface area contributed by atoms with E-state index < -0.39 is 0 Å². The van der Waals surface area contributed by atoms with E-state index in [0.717, 1.165) is 35.2 Å². The maximum atomic E-state index is 13.1. The monoisotopic (exact) mass is 394 g/mol. The van der Waals surface area contributed by atoms with E-state index in [1.54, 1.807) is 0 Å². The van der Waals surface area contributed by atoms with Crippen LogP contribution in [-0.2, 0) is 0 Å². The number of likely N-dealkylation sites (tertiary alicyclic amines) is 1. The van der Waals surface area contributed by atoms with Crippen molar-refractivity contribution in [3.63, 3.8) is 0 Å². The number of benzene rings is 1. The molecule has 1 fully saturated rings. The summed E-state index contributed by atoms with van der Waals surface area (Å²) in [5, 5.41) is 0. The molecule has 0 saturated carbocycles. The summed E-state index contributed by atoms with van der Waals surface area (Å²) >= 11 is 0. The molecule has 1 atom stereocenters. The molecule has 0 radical (unpaired) electrons. The summed E-state index contributed by atoms with van der Waals surface area (Å²) in [5.74, 6) is 0.181. The first-order valence-corrected chi connectivity index (χ1v) is 10.3. The first-order chi connectivity index (χ1) is 13.7. The Hall–Kier alpha value is -2.53. The highest BCUT2D eigenvalue weighted by Gasteiger charge is 2.32. The van der Waals surface area contributed by atoms with Crippen LogP contribution in [0.4, 0.5) is 0 Å². The number of aromatic amines is 1. The average Bonchev–Trinajstić information content (AvgIpc) is 3.01. The Morgan fingerprint density at radius 2 is 1.62 bits per heavy atom. The molecule has 154 valence electrons. The van der Waals surface area contributed by atoms with Crippen LogP contribution in [0.1, 0.15) is 74.7 Å². The summed E-state index contributed by atoms with van der Waals surface area (Å²) in [6, 6.07) is 7.46. The van der Waals surface area contributed by atoms with Crippen molar-refractivity contribution in [1.29, 1.82) is 0 Å². The zero-order chi connectivity index (χ0) is 21.3. The Kier molecular flexibility index (Phi) is 6.18. The summed E-state index contributed by atoms with van der Waals surface area (Å²) in [6.45, 7) is 10.5. The maximum Gasteiger partial charge on any atom is 0.196 e. The van der Waals surface area contributed by atoms with Crippen LogP contribution in [0.25, 0.3) is 0 Å². The second kappa shape index (κ2) is 8.46. The van der Waals surface area contributed by atoms with E-state index in [-0.39, 0.29) is 29.3 Å². The topological polar surface area (TPSA) is 70.2 Å².